The Bertz CT molecular complexity index is 499. The maximum atomic E-state index is 13.6. The van der Waals surface area contributed by atoms with E-state index in [1.807, 2.05) is 6.92 Å². The highest BCUT2D eigenvalue weighted by Gasteiger charge is 2.09. The molecule has 0 atom stereocenters. The van der Waals surface area contributed by atoms with Crippen molar-refractivity contribution < 1.29 is 4.39 Å². The Morgan fingerprint density at radius 2 is 2.20 bits per heavy atom. The summed E-state index contributed by atoms with van der Waals surface area (Å²) in [4.78, 5) is 4.13. The van der Waals surface area contributed by atoms with Crippen LogP contribution in [-0.2, 0) is 0 Å². The predicted octanol–water partition coefficient (Wildman–Crippen LogP) is 3.57. The van der Waals surface area contributed by atoms with Gasteiger partial charge in [0.1, 0.15) is 11.6 Å². The van der Waals surface area contributed by atoms with Crippen LogP contribution >= 0.6 is 15.9 Å². The molecule has 15 heavy (non-hydrogen) atoms. The molecule has 1 aromatic carbocycles. The van der Waals surface area contributed by atoms with E-state index in [2.05, 4.69) is 26.2 Å². The summed E-state index contributed by atoms with van der Waals surface area (Å²) < 4.78 is 14.5. The summed E-state index contributed by atoms with van der Waals surface area (Å²) in [6.07, 6.45) is 1.67. The van der Waals surface area contributed by atoms with Crippen LogP contribution in [0.3, 0.4) is 0 Å². The number of aromatic nitrogens is 1. The summed E-state index contributed by atoms with van der Waals surface area (Å²) in [6.45, 7) is 2.68. The van der Waals surface area contributed by atoms with E-state index in [1.165, 1.54) is 6.07 Å². The molecule has 2 rings (SSSR count). The maximum Gasteiger partial charge on any atom is 0.136 e. The molecule has 0 saturated carbocycles. The Kier molecular flexibility index (Phi) is 2.86. The van der Waals surface area contributed by atoms with E-state index in [4.69, 9.17) is 0 Å². The number of benzene rings is 1. The lowest BCUT2D eigenvalue weighted by atomic mass is 10.1. The summed E-state index contributed by atoms with van der Waals surface area (Å²) >= 11 is 3.39. The summed E-state index contributed by atoms with van der Waals surface area (Å²) in [5.74, 6) is 0.339. The fourth-order valence-electron chi connectivity index (χ4n) is 1.52. The van der Waals surface area contributed by atoms with Crippen molar-refractivity contribution in [1.82, 2.24) is 4.98 Å². The number of pyridine rings is 1. The molecule has 0 amide bonds. The van der Waals surface area contributed by atoms with Crippen LogP contribution in [0.2, 0.25) is 0 Å². The van der Waals surface area contributed by atoms with Crippen LogP contribution in [-0.4, -0.2) is 11.5 Å². The van der Waals surface area contributed by atoms with E-state index in [-0.39, 0.29) is 5.82 Å². The molecule has 1 heterocycles. The first-order chi connectivity index (χ1) is 7.24. The summed E-state index contributed by atoms with van der Waals surface area (Å²) in [7, 11) is 0. The Labute approximate surface area is 95.6 Å². The van der Waals surface area contributed by atoms with Crippen LogP contribution in [0.4, 0.5) is 10.2 Å². The van der Waals surface area contributed by atoms with Gasteiger partial charge in [0, 0.05) is 22.6 Å². The molecule has 1 aromatic heterocycles. The number of fused-ring (bicyclic) bond motifs is 1. The fraction of sp³-hybridized carbons (Fsp3) is 0.182. The van der Waals surface area contributed by atoms with Gasteiger partial charge in [0.05, 0.1) is 5.39 Å². The highest BCUT2D eigenvalue weighted by molar-refractivity contribution is 9.10. The normalized spacial score (nSPS) is 10.6. The van der Waals surface area contributed by atoms with Crippen molar-refractivity contribution in [3.8, 4) is 0 Å². The Morgan fingerprint density at radius 1 is 1.40 bits per heavy atom. The van der Waals surface area contributed by atoms with E-state index in [9.17, 15) is 4.39 Å². The summed E-state index contributed by atoms with van der Waals surface area (Å²) in [5, 5.41) is 4.42. The van der Waals surface area contributed by atoms with Crippen molar-refractivity contribution in [2.45, 2.75) is 6.92 Å². The van der Waals surface area contributed by atoms with Gasteiger partial charge in [0.25, 0.3) is 0 Å². The van der Waals surface area contributed by atoms with Crippen LogP contribution in [0, 0.1) is 5.82 Å². The fourth-order valence-corrected chi connectivity index (χ4v) is 1.99. The first-order valence-corrected chi connectivity index (χ1v) is 5.50. The van der Waals surface area contributed by atoms with Crippen molar-refractivity contribution in [3.63, 3.8) is 0 Å². The Balaban J connectivity index is 2.78. The van der Waals surface area contributed by atoms with Crippen LogP contribution in [0.15, 0.2) is 28.9 Å². The molecule has 0 aliphatic rings. The molecular weight excluding hydrogens is 259 g/mol. The standard InChI is InChI=1S/C11H10BrFN2/c1-2-14-11-10-7(5-6-15-11)8(12)3-4-9(10)13/h3-6H,2H2,1H3,(H,14,15). The first kappa shape index (κ1) is 10.4. The molecule has 0 aliphatic heterocycles. The smallest absolute Gasteiger partial charge is 0.136 e. The third-order valence-corrected chi connectivity index (χ3v) is 2.86. The lowest BCUT2D eigenvalue weighted by molar-refractivity contribution is 0.639. The van der Waals surface area contributed by atoms with Gasteiger partial charge >= 0.3 is 0 Å². The molecule has 0 unspecified atom stereocenters. The van der Waals surface area contributed by atoms with Crippen LogP contribution in [0.5, 0.6) is 0 Å². The highest BCUT2D eigenvalue weighted by Crippen LogP contribution is 2.29. The molecule has 0 aliphatic carbocycles. The summed E-state index contributed by atoms with van der Waals surface area (Å²) in [6, 6.07) is 4.94. The van der Waals surface area contributed by atoms with Gasteiger partial charge in [-0.15, -0.1) is 0 Å². The van der Waals surface area contributed by atoms with Gasteiger partial charge in [-0.3, -0.25) is 0 Å². The van der Waals surface area contributed by atoms with Crippen LogP contribution < -0.4 is 5.32 Å². The average molecular weight is 269 g/mol. The molecule has 0 spiro atoms. The van der Waals surface area contributed by atoms with Crippen molar-refractivity contribution in [2.24, 2.45) is 0 Å². The number of anilines is 1. The SMILES string of the molecule is CCNc1nccc2c(Br)ccc(F)c12. The van der Waals surface area contributed by atoms with Crippen molar-refractivity contribution in [2.75, 3.05) is 11.9 Å². The topological polar surface area (TPSA) is 24.9 Å². The minimum atomic E-state index is -0.253. The molecule has 0 bridgehead atoms. The molecule has 4 heteroatoms. The second-order valence-corrected chi connectivity index (χ2v) is 4.00. The minimum absolute atomic E-state index is 0.253. The molecule has 0 saturated heterocycles. The lowest BCUT2D eigenvalue weighted by Crippen LogP contribution is -2.00. The van der Waals surface area contributed by atoms with E-state index >= 15 is 0 Å². The zero-order valence-electron chi connectivity index (χ0n) is 8.22. The van der Waals surface area contributed by atoms with E-state index in [0.717, 1.165) is 16.4 Å². The molecule has 0 fully saturated rings. The average Bonchev–Trinajstić information content (AvgIpc) is 2.24. The minimum Gasteiger partial charge on any atom is -0.370 e. The highest BCUT2D eigenvalue weighted by atomic mass is 79.9. The largest absolute Gasteiger partial charge is 0.370 e. The number of nitrogens with one attached hydrogen (secondary N) is 1. The lowest BCUT2D eigenvalue weighted by Gasteiger charge is -2.08. The molecule has 2 nitrogen and oxygen atoms in total. The molecular formula is C11H10BrFN2. The third kappa shape index (κ3) is 1.81. The predicted molar refractivity (Wildman–Crippen MR) is 63.6 cm³/mol. The molecule has 78 valence electrons. The van der Waals surface area contributed by atoms with Crippen molar-refractivity contribution >= 4 is 32.5 Å². The number of halogens is 2. The summed E-state index contributed by atoms with van der Waals surface area (Å²) in [5.41, 5.74) is 0. The van der Waals surface area contributed by atoms with Gasteiger partial charge in [-0.2, -0.15) is 0 Å². The van der Waals surface area contributed by atoms with E-state index < -0.39 is 0 Å². The number of hydrogen-bond acceptors (Lipinski definition) is 2. The van der Waals surface area contributed by atoms with E-state index in [1.54, 1.807) is 18.3 Å². The second-order valence-electron chi connectivity index (χ2n) is 3.14. The Hall–Kier alpha value is -1.16. The van der Waals surface area contributed by atoms with Crippen LogP contribution in [0.25, 0.3) is 10.8 Å². The third-order valence-electron chi connectivity index (χ3n) is 2.17. The molecule has 0 radical (unpaired) electrons. The molecule has 1 N–H and O–H groups in total. The second kappa shape index (κ2) is 4.14. The van der Waals surface area contributed by atoms with Crippen molar-refractivity contribution in [3.05, 3.63) is 34.7 Å². The van der Waals surface area contributed by atoms with Gasteiger partial charge in [-0.25, -0.2) is 9.37 Å². The van der Waals surface area contributed by atoms with Gasteiger partial charge < -0.3 is 5.32 Å². The van der Waals surface area contributed by atoms with Gasteiger partial charge in [-0.1, -0.05) is 15.9 Å². The monoisotopic (exact) mass is 268 g/mol. The van der Waals surface area contributed by atoms with E-state index in [0.29, 0.717) is 11.2 Å². The zero-order valence-corrected chi connectivity index (χ0v) is 9.81. The number of hydrogen-bond donors (Lipinski definition) is 1. The number of rotatable bonds is 2. The van der Waals surface area contributed by atoms with Gasteiger partial charge in [0.2, 0.25) is 0 Å². The molecule has 2 aromatic rings. The van der Waals surface area contributed by atoms with Gasteiger partial charge in [0.15, 0.2) is 0 Å². The zero-order chi connectivity index (χ0) is 10.8. The number of nitrogens with zero attached hydrogens (tertiary/aromatic N) is 1. The van der Waals surface area contributed by atoms with Gasteiger partial charge in [-0.05, 0) is 25.1 Å². The van der Waals surface area contributed by atoms with Crippen molar-refractivity contribution in [1.29, 1.82) is 0 Å². The quantitative estimate of drug-likeness (QED) is 0.901. The maximum absolute atomic E-state index is 13.6. The first-order valence-electron chi connectivity index (χ1n) is 4.70. The Morgan fingerprint density at radius 3 is 2.93 bits per heavy atom. The van der Waals surface area contributed by atoms with Crippen LogP contribution in [0.1, 0.15) is 6.92 Å².